The van der Waals surface area contributed by atoms with Gasteiger partial charge < -0.3 is 14.2 Å². The summed E-state index contributed by atoms with van der Waals surface area (Å²) in [6.45, 7) is 0.560. The molecule has 0 saturated heterocycles. The largest absolute Gasteiger partial charge is 0.486 e. The van der Waals surface area contributed by atoms with E-state index in [0.717, 1.165) is 18.4 Å². The smallest absolute Gasteiger partial charge is 0.317 e. The Hall–Kier alpha value is -2.89. The van der Waals surface area contributed by atoms with Crippen LogP contribution >= 0.6 is 0 Å². The topological polar surface area (TPSA) is 61.8 Å². The number of benzene rings is 2. The van der Waals surface area contributed by atoms with Crippen LogP contribution in [0.2, 0.25) is 0 Å². The molecule has 1 aliphatic heterocycles. The molecule has 0 bridgehead atoms. The third-order valence-corrected chi connectivity index (χ3v) is 5.44. The molecule has 0 N–H and O–H groups in total. The average molecular weight is 384 g/mol. The van der Waals surface area contributed by atoms with Crippen LogP contribution in [0.1, 0.15) is 41.6 Å². The zero-order valence-electron chi connectivity index (χ0n) is 15.4. The van der Waals surface area contributed by atoms with E-state index in [2.05, 4.69) is 0 Å². The van der Waals surface area contributed by atoms with Gasteiger partial charge in [0.25, 0.3) is 0 Å². The number of carbonyl (C=O) groups excluding carboxylic acids is 2. The van der Waals surface area contributed by atoms with E-state index in [4.69, 9.17) is 14.2 Å². The first kappa shape index (κ1) is 18.5. The Labute approximate surface area is 162 Å². The van der Waals surface area contributed by atoms with E-state index in [1.807, 2.05) is 0 Å². The number of hydrogen-bond donors (Lipinski definition) is 0. The zero-order chi connectivity index (χ0) is 19.6. The Morgan fingerprint density at radius 2 is 1.64 bits per heavy atom. The predicted molar refractivity (Wildman–Crippen MR) is 99.3 cm³/mol. The molecule has 4 rings (SSSR count). The van der Waals surface area contributed by atoms with Crippen molar-refractivity contribution in [2.45, 2.75) is 31.1 Å². The lowest BCUT2D eigenvalue weighted by Gasteiger charge is -2.27. The minimum Gasteiger partial charge on any atom is -0.486 e. The second kappa shape index (κ2) is 7.62. The molecule has 146 valence electrons. The van der Waals surface area contributed by atoms with Crippen molar-refractivity contribution in [1.29, 1.82) is 0 Å². The molecule has 2 aromatic carbocycles. The molecule has 1 saturated carbocycles. The number of ketones is 1. The van der Waals surface area contributed by atoms with Gasteiger partial charge in [-0.25, -0.2) is 4.39 Å². The van der Waals surface area contributed by atoms with Crippen LogP contribution in [0, 0.1) is 5.82 Å². The summed E-state index contributed by atoms with van der Waals surface area (Å²) in [5.74, 6) is 0.0298. The molecule has 0 amide bonds. The van der Waals surface area contributed by atoms with Gasteiger partial charge in [-0.3, -0.25) is 9.59 Å². The molecule has 1 heterocycles. The van der Waals surface area contributed by atoms with Gasteiger partial charge in [0, 0.05) is 5.56 Å². The van der Waals surface area contributed by atoms with Crippen LogP contribution in [-0.4, -0.2) is 31.6 Å². The van der Waals surface area contributed by atoms with E-state index in [-0.39, 0.29) is 18.2 Å². The first-order valence-corrected chi connectivity index (χ1v) is 9.45. The maximum Gasteiger partial charge on any atom is 0.317 e. The fourth-order valence-corrected chi connectivity index (χ4v) is 3.93. The van der Waals surface area contributed by atoms with Crippen LogP contribution in [0.4, 0.5) is 4.39 Å². The summed E-state index contributed by atoms with van der Waals surface area (Å²) < 4.78 is 29.6. The quantitative estimate of drug-likeness (QED) is 0.579. The van der Waals surface area contributed by atoms with E-state index in [9.17, 15) is 14.0 Å². The molecule has 1 fully saturated rings. The lowest BCUT2D eigenvalue weighted by molar-refractivity contribution is -0.149. The Morgan fingerprint density at radius 1 is 0.964 bits per heavy atom. The molecular weight excluding hydrogens is 363 g/mol. The Morgan fingerprint density at radius 3 is 2.36 bits per heavy atom. The molecule has 0 radical (unpaired) electrons. The SMILES string of the molecule is O=C(COC(=O)C1(c2ccc(F)cc2)CCCC1)c1ccc2c(c1)OCCO2. The number of halogens is 1. The van der Waals surface area contributed by atoms with Crippen molar-refractivity contribution in [2.24, 2.45) is 0 Å². The summed E-state index contributed by atoms with van der Waals surface area (Å²) in [6, 6.07) is 10.9. The third kappa shape index (κ3) is 3.46. The normalized spacial score (nSPS) is 17.2. The molecule has 28 heavy (non-hydrogen) atoms. The number of esters is 1. The van der Waals surface area contributed by atoms with Crippen LogP contribution in [0.15, 0.2) is 42.5 Å². The summed E-state index contributed by atoms with van der Waals surface area (Å²) in [7, 11) is 0. The second-order valence-corrected chi connectivity index (χ2v) is 7.15. The van der Waals surface area contributed by atoms with Gasteiger partial charge in [0.2, 0.25) is 0 Å². The number of Topliss-reactive ketones (excluding diaryl/α,β-unsaturated/α-hetero) is 1. The Balaban J connectivity index is 1.46. The molecule has 2 aromatic rings. The van der Waals surface area contributed by atoms with Gasteiger partial charge in [0.15, 0.2) is 23.9 Å². The maximum atomic E-state index is 13.3. The molecule has 0 spiro atoms. The monoisotopic (exact) mass is 384 g/mol. The van der Waals surface area contributed by atoms with Crippen molar-refractivity contribution in [3.8, 4) is 11.5 Å². The highest BCUT2D eigenvalue weighted by Crippen LogP contribution is 2.42. The van der Waals surface area contributed by atoms with Gasteiger partial charge in [-0.15, -0.1) is 0 Å². The van der Waals surface area contributed by atoms with Gasteiger partial charge in [-0.2, -0.15) is 0 Å². The first-order chi connectivity index (χ1) is 13.6. The summed E-state index contributed by atoms with van der Waals surface area (Å²) in [4.78, 5) is 25.4. The summed E-state index contributed by atoms with van der Waals surface area (Å²) >= 11 is 0. The summed E-state index contributed by atoms with van der Waals surface area (Å²) in [6.07, 6.45) is 3.05. The van der Waals surface area contributed by atoms with E-state index < -0.39 is 11.4 Å². The number of carbonyl (C=O) groups is 2. The fourth-order valence-electron chi connectivity index (χ4n) is 3.93. The van der Waals surface area contributed by atoms with Crippen LogP contribution < -0.4 is 9.47 Å². The van der Waals surface area contributed by atoms with Crippen LogP contribution in [0.25, 0.3) is 0 Å². The molecule has 1 aliphatic carbocycles. The zero-order valence-corrected chi connectivity index (χ0v) is 15.4. The Kier molecular flexibility index (Phi) is 5.03. The highest BCUT2D eigenvalue weighted by molar-refractivity contribution is 5.99. The maximum absolute atomic E-state index is 13.3. The van der Waals surface area contributed by atoms with Gasteiger partial charge in [0.1, 0.15) is 19.0 Å². The highest BCUT2D eigenvalue weighted by atomic mass is 19.1. The van der Waals surface area contributed by atoms with Crippen LogP contribution in [0.3, 0.4) is 0 Å². The van der Waals surface area contributed by atoms with Gasteiger partial charge >= 0.3 is 5.97 Å². The summed E-state index contributed by atoms with van der Waals surface area (Å²) in [5, 5.41) is 0. The van der Waals surface area contributed by atoms with E-state index >= 15 is 0 Å². The standard InChI is InChI=1S/C22H21FO5/c23-17-6-4-16(5-7-17)22(9-1-2-10-22)21(25)28-14-18(24)15-3-8-19-20(13-15)27-12-11-26-19/h3-8,13H,1-2,9-12,14H2. The minimum absolute atomic E-state index is 0.308. The van der Waals surface area contributed by atoms with E-state index in [0.29, 0.717) is 43.1 Å². The lowest BCUT2D eigenvalue weighted by atomic mass is 9.79. The van der Waals surface area contributed by atoms with E-state index in [1.165, 1.54) is 12.1 Å². The molecule has 2 aliphatic rings. The van der Waals surface area contributed by atoms with Crippen molar-refractivity contribution < 1.29 is 28.2 Å². The molecule has 0 aromatic heterocycles. The van der Waals surface area contributed by atoms with Crippen molar-refractivity contribution in [3.63, 3.8) is 0 Å². The highest BCUT2D eigenvalue weighted by Gasteiger charge is 2.44. The van der Waals surface area contributed by atoms with Crippen LogP contribution in [-0.2, 0) is 14.9 Å². The Bertz CT molecular complexity index is 884. The molecule has 0 atom stereocenters. The molecule has 0 unspecified atom stereocenters. The summed E-state index contributed by atoms with van der Waals surface area (Å²) in [5.41, 5.74) is 0.336. The number of hydrogen-bond acceptors (Lipinski definition) is 5. The minimum atomic E-state index is -0.805. The predicted octanol–water partition coefficient (Wildman–Crippen LogP) is 3.83. The van der Waals surface area contributed by atoms with Gasteiger partial charge in [-0.05, 0) is 48.7 Å². The van der Waals surface area contributed by atoms with Crippen molar-refractivity contribution in [1.82, 2.24) is 0 Å². The average Bonchev–Trinajstić information content (AvgIpc) is 3.23. The van der Waals surface area contributed by atoms with Gasteiger partial charge in [-0.1, -0.05) is 25.0 Å². The number of ether oxygens (including phenoxy) is 3. The van der Waals surface area contributed by atoms with Crippen molar-refractivity contribution >= 4 is 11.8 Å². The van der Waals surface area contributed by atoms with Gasteiger partial charge in [0.05, 0.1) is 5.41 Å². The van der Waals surface area contributed by atoms with Crippen molar-refractivity contribution in [3.05, 3.63) is 59.4 Å². The fraction of sp³-hybridized carbons (Fsp3) is 0.364. The molecular formula is C22H21FO5. The third-order valence-electron chi connectivity index (χ3n) is 5.44. The van der Waals surface area contributed by atoms with Crippen LogP contribution in [0.5, 0.6) is 11.5 Å². The van der Waals surface area contributed by atoms with E-state index in [1.54, 1.807) is 30.3 Å². The van der Waals surface area contributed by atoms with Crippen molar-refractivity contribution in [2.75, 3.05) is 19.8 Å². The number of fused-ring (bicyclic) bond motifs is 1. The molecule has 5 nitrogen and oxygen atoms in total. The second-order valence-electron chi connectivity index (χ2n) is 7.15. The molecule has 6 heteroatoms. The lowest BCUT2D eigenvalue weighted by Crippen LogP contribution is -2.35. The number of rotatable bonds is 5. The first-order valence-electron chi connectivity index (χ1n) is 9.45.